The Morgan fingerprint density at radius 3 is 2.35 bits per heavy atom. The standard InChI is InChI=1S/C16H32N2O2/c1-3-5-11-18(12-6-4-2)13-9-14-8-7-10-16(14,17)15(19)20/h14H,3-13,17H2,1-2H3,(H,19,20). The molecule has 0 aromatic heterocycles. The lowest BCUT2D eigenvalue weighted by molar-refractivity contribution is -0.144. The average molecular weight is 284 g/mol. The van der Waals surface area contributed by atoms with Gasteiger partial charge in [-0.1, -0.05) is 33.1 Å². The molecule has 0 aliphatic heterocycles. The van der Waals surface area contributed by atoms with Crippen LogP contribution in [0.25, 0.3) is 0 Å². The topological polar surface area (TPSA) is 66.6 Å². The van der Waals surface area contributed by atoms with E-state index >= 15 is 0 Å². The summed E-state index contributed by atoms with van der Waals surface area (Å²) in [6.45, 7) is 7.69. The summed E-state index contributed by atoms with van der Waals surface area (Å²) in [6, 6.07) is 0. The molecule has 0 bridgehead atoms. The summed E-state index contributed by atoms with van der Waals surface area (Å²) in [5.74, 6) is -0.667. The zero-order valence-corrected chi connectivity index (χ0v) is 13.2. The molecule has 20 heavy (non-hydrogen) atoms. The Bertz CT molecular complexity index is 288. The lowest BCUT2D eigenvalue weighted by Crippen LogP contribution is -2.51. The van der Waals surface area contributed by atoms with Crippen molar-refractivity contribution in [1.29, 1.82) is 0 Å². The monoisotopic (exact) mass is 284 g/mol. The predicted molar refractivity (Wildman–Crippen MR) is 82.8 cm³/mol. The van der Waals surface area contributed by atoms with E-state index < -0.39 is 11.5 Å². The Morgan fingerprint density at radius 1 is 1.25 bits per heavy atom. The molecule has 0 aromatic carbocycles. The molecule has 0 saturated heterocycles. The molecule has 0 radical (unpaired) electrons. The van der Waals surface area contributed by atoms with Crippen LogP contribution in [0.5, 0.6) is 0 Å². The number of hydrogen-bond donors (Lipinski definition) is 2. The van der Waals surface area contributed by atoms with Crippen molar-refractivity contribution in [3.8, 4) is 0 Å². The summed E-state index contributed by atoms with van der Waals surface area (Å²) in [6.07, 6.45) is 8.36. The molecule has 0 aromatic rings. The second kappa shape index (κ2) is 8.63. The molecule has 0 heterocycles. The van der Waals surface area contributed by atoms with Crippen molar-refractivity contribution < 1.29 is 9.90 Å². The van der Waals surface area contributed by atoms with Crippen LogP contribution in [0.2, 0.25) is 0 Å². The van der Waals surface area contributed by atoms with Gasteiger partial charge in [-0.15, -0.1) is 0 Å². The summed E-state index contributed by atoms with van der Waals surface area (Å²) in [7, 11) is 0. The van der Waals surface area contributed by atoms with Crippen molar-refractivity contribution in [2.24, 2.45) is 11.7 Å². The minimum Gasteiger partial charge on any atom is -0.480 e. The third-order valence-corrected chi connectivity index (χ3v) is 4.72. The first-order chi connectivity index (χ1) is 9.54. The Balaban J connectivity index is 2.46. The molecule has 1 saturated carbocycles. The first kappa shape index (κ1) is 17.4. The van der Waals surface area contributed by atoms with E-state index in [0.717, 1.165) is 38.9 Å². The van der Waals surface area contributed by atoms with Crippen molar-refractivity contribution >= 4 is 5.97 Å². The van der Waals surface area contributed by atoms with E-state index in [4.69, 9.17) is 5.73 Å². The predicted octanol–water partition coefficient (Wildman–Crippen LogP) is 2.86. The van der Waals surface area contributed by atoms with E-state index in [9.17, 15) is 9.90 Å². The van der Waals surface area contributed by atoms with Crippen LogP contribution in [-0.4, -0.2) is 41.1 Å². The number of nitrogens with zero attached hydrogens (tertiary/aromatic N) is 1. The molecule has 4 heteroatoms. The second-order valence-corrected chi connectivity index (χ2v) is 6.27. The molecular weight excluding hydrogens is 252 g/mol. The zero-order chi connectivity index (χ0) is 15.0. The first-order valence-corrected chi connectivity index (χ1v) is 8.29. The van der Waals surface area contributed by atoms with Crippen LogP contribution in [0.4, 0.5) is 0 Å². The fourth-order valence-corrected chi connectivity index (χ4v) is 3.22. The molecule has 0 spiro atoms. The van der Waals surface area contributed by atoms with Gasteiger partial charge in [0.15, 0.2) is 0 Å². The number of carboxylic acid groups (broad SMARTS) is 1. The minimum atomic E-state index is -0.971. The van der Waals surface area contributed by atoms with Gasteiger partial charge in [-0.05, 0) is 57.7 Å². The summed E-state index contributed by atoms with van der Waals surface area (Å²) >= 11 is 0. The van der Waals surface area contributed by atoms with Crippen LogP contribution in [0.1, 0.15) is 65.2 Å². The van der Waals surface area contributed by atoms with Crippen molar-refractivity contribution in [3.05, 3.63) is 0 Å². The van der Waals surface area contributed by atoms with Crippen LogP contribution in [0.3, 0.4) is 0 Å². The molecule has 3 N–H and O–H groups in total. The highest BCUT2D eigenvalue weighted by Gasteiger charge is 2.45. The third kappa shape index (κ3) is 4.74. The maximum absolute atomic E-state index is 11.4. The number of carbonyl (C=O) groups is 1. The van der Waals surface area contributed by atoms with Crippen molar-refractivity contribution in [1.82, 2.24) is 4.90 Å². The normalized spacial score (nSPS) is 26.3. The molecule has 2 atom stereocenters. The highest BCUT2D eigenvalue weighted by molar-refractivity contribution is 5.79. The lowest BCUT2D eigenvalue weighted by Gasteiger charge is -2.29. The fraction of sp³-hybridized carbons (Fsp3) is 0.938. The molecule has 1 aliphatic rings. The molecule has 118 valence electrons. The number of nitrogens with two attached hydrogens (primary N) is 1. The van der Waals surface area contributed by atoms with Gasteiger partial charge in [-0.3, -0.25) is 4.79 Å². The molecule has 2 unspecified atom stereocenters. The quantitative estimate of drug-likeness (QED) is 0.647. The minimum absolute atomic E-state index is 0.144. The molecule has 1 fully saturated rings. The lowest BCUT2D eigenvalue weighted by atomic mass is 9.85. The van der Waals surface area contributed by atoms with Crippen LogP contribution >= 0.6 is 0 Å². The van der Waals surface area contributed by atoms with Gasteiger partial charge in [-0.25, -0.2) is 0 Å². The third-order valence-electron chi connectivity index (χ3n) is 4.72. The SMILES string of the molecule is CCCCN(CCCC)CCC1CCCC1(N)C(=O)O. The van der Waals surface area contributed by atoms with E-state index in [0.29, 0.717) is 6.42 Å². The van der Waals surface area contributed by atoms with E-state index in [-0.39, 0.29) is 5.92 Å². The highest BCUT2D eigenvalue weighted by Crippen LogP contribution is 2.36. The molecule has 0 amide bonds. The Morgan fingerprint density at radius 2 is 1.85 bits per heavy atom. The number of unbranched alkanes of at least 4 members (excludes halogenated alkanes) is 2. The first-order valence-electron chi connectivity index (χ1n) is 8.29. The Labute approximate surface area is 123 Å². The molecule has 1 rings (SSSR count). The van der Waals surface area contributed by atoms with Gasteiger partial charge in [0.1, 0.15) is 5.54 Å². The summed E-state index contributed by atoms with van der Waals surface area (Å²) < 4.78 is 0. The number of aliphatic carboxylic acids is 1. The van der Waals surface area contributed by atoms with Gasteiger partial charge in [-0.2, -0.15) is 0 Å². The maximum Gasteiger partial charge on any atom is 0.323 e. The molecule has 4 nitrogen and oxygen atoms in total. The fourth-order valence-electron chi connectivity index (χ4n) is 3.22. The van der Waals surface area contributed by atoms with Crippen molar-refractivity contribution in [2.75, 3.05) is 19.6 Å². The highest BCUT2D eigenvalue weighted by atomic mass is 16.4. The average Bonchev–Trinajstić information content (AvgIpc) is 2.81. The van der Waals surface area contributed by atoms with Gasteiger partial charge < -0.3 is 15.7 Å². The van der Waals surface area contributed by atoms with Gasteiger partial charge in [0.2, 0.25) is 0 Å². The summed E-state index contributed by atoms with van der Waals surface area (Å²) in [4.78, 5) is 13.9. The van der Waals surface area contributed by atoms with Crippen LogP contribution in [0, 0.1) is 5.92 Å². The summed E-state index contributed by atoms with van der Waals surface area (Å²) in [5.41, 5.74) is 5.14. The summed E-state index contributed by atoms with van der Waals surface area (Å²) in [5, 5.41) is 9.35. The van der Waals surface area contributed by atoms with E-state index in [2.05, 4.69) is 18.7 Å². The number of carboxylic acids is 1. The van der Waals surface area contributed by atoms with Crippen LogP contribution < -0.4 is 5.73 Å². The number of hydrogen-bond acceptors (Lipinski definition) is 3. The smallest absolute Gasteiger partial charge is 0.323 e. The van der Waals surface area contributed by atoms with E-state index in [1.165, 1.54) is 25.7 Å². The van der Waals surface area contributed by atoms with Crippen molar-refractivity contribution in [3.63, 3.8) is 0 Å². The maximum atomic E-state index is 11.4. The Kier molecular flexibility index (Phi) is 7.52. The van der Waals surface area contributed by atoms with Crippen LogP contribution in [0.15, 0.2) is 0 Å². The van der Waals surface area contributed by atoms with E-state index in [1.54, 1.807) is 0 Å². The Hall–Kier alpha value is -0.610. The van der Waals surface area contributed by atoms with Gasteiger partial charge >= 0.3 is 5.97 Å². The zero-order valence-electron chi connectivity index (χ0n) is 13.2. The van der Waals surface area contributed by atoms with Crippen molar-refractivity contribution in [2.45, 2.75) is 70.8 Å². The van der Waals surface area contributed by atoms with E-state index in [1.807, 2.05) is 0 Å². The molecular formula is C16H32N2O2. The number of rotatable bonds is 10. The van der Waals surface area contributed by atoms with Crippen LogP contribution in [-0.2, 0) is 4.79 Å². The molecule has 1 aliphatic carbocycles. The van der Waals surface area contributed by atoms with Gasteiger partial charge in [0.25, 0.3) is 0 Å². The van der Waals surface area contributed by atoms with Gasteiger partial charge in [0, 0.05) is 0 Å². The van der Waals surface area contributed by atoms with Gasteiger partial charge in [0.05, 0.1) is 0 Å². The second-order valence-electron chi connectivity index (χ2n) is 6.27. The largest absolute Gasteiger partial charge is 0.480 e.